The highest BCUT2D eigenvalue weighted by molar-refractivity contribution is 6.24. The zero-order valence-corrected chi connectivity index (χ0v) is 10.2. The molecule has 0 aromatic carbocycles. The molecular formula is C14H12N2O3. The number of imide groups is 1. The van der Waals surface area contributed by atoms with Crippen LogP contribution in [0.3, 0.4) is 0 Å². The fraction of sp³-hybridized carbons (Fsp3) is 0.357. The number of rotatable bonds is 2. The van der Waals surface area contributed by atoms with Crippen LogP contribution in [0.2, 0.25) is 0 Å². The zero-order chi connectivity index (χ0) is 13.4. The fourth-order valence-corrected chi connectivity index (χ4v) is 2.25. The summed E-state index contributed by atoms with van der Waals surface area (Å²) in [4.78, 5) is 29.1. The Bertz CT molecular complexity index is 595. The van der Waals surface area contributed by atoms with Crippen LogP contribution in [0.15, 0.2) is 18.3 Å². The standard InChI is InChI=1S/C14H12N2O3/c17-6-2-1-3-9-4-5-15-12(7-9)16-13(18)10-8-11(10)14(16)19/h4-5,7,10-11,17H,2,6,8H2. The Morgan fingerprint density at radius 2 is 2.11 bits per heavy atom. The molecule has 3 rings (SSSR count). The molecule has 1 N–H and O–H groups in total. The Labute approximate surface area is 110 Å². The second-order valence-corrected chi connectivity index (χ2v) is 4.64. The molecule has 2 amide bonds. The Balaban J connectivity index is 1.86. The average molecular weight is 256 g/mol. The van der Waals surface area contributed by atoms with Gasteiger partial charge in [-0.3, -0.25) is 9.59 Å². The molecule has 0 radical (unpaired) electrons. The van der Waals surface area contributed by atoms with Gasteiger partial charge in [0.2, 0.25) is 11.8 Å². The first kappa shape index (κ1) is 11.9. The molecule has 1 saturated carbocycles. The molecule has 2 unspecified atom stereocenters. The SMILES string of the molecule is O=C1C2CC2C(=O)N1c1cc(C#CCCO)ccn1. The number of hydrogen-bond donors (Lipinski definition) is 1. The molecule has 19 heavy (non-hydrogen) atoms. The number of aliphatic hydroxyl groups excluding tert-OH is 1. The van der Waals surface area contributed by atoms with E-state index in [9.17, 15) is 9.59 Å². The van der Waals surface area contributed by atoms with Gasteiger partial charge in [0.05, 0.1) is 18.4 Å². The van der Waals surface area contributed by atoms with Crippen LogP contribution >= 0.6 is 0 Å². The van der Waals surface area contributed by atoms with Gasteiger partial charge in [-0.15, -0.1) is 0 Å². The highest BCUT2D eigenvalue weighted by Gasteiger charge is 2.59. The Morgan fingerprint density at radius 3 is 2.79 bits per heavy atom. The van der Waals surface area contributed by atoms with Crippen molar-refractivity contribution in [2.75, 3.05) is 11.5 Å². The summed E-state index contributed by atoms with van der Waals surface area (Å²) in [7, 11) is 0. The predicted octanol–water partition coefficient (Wildman–Crippen LogP) is 0.325. The van der Waals surface area contributed by atoms with E-state index in [1.54, 1.807) is 12.1 Å². The molecule has 0 spiro atoms. The third-order valence-corrected chi connectivity index (χ3v) is 3.31. The van der Waals surface area contributed by atoms with E-state index in [0.29, 0.717) is 24.2 Å². The summed E-state index contributed by atoms with van der Waals surface area (Å²) in [5.74, 6) is 5.45. The van der Waals surface area contributed by atoms with Crippen LogP contribution in [-0.4, -0.2) is 28.5 Å². The van der Waals surface area contributed by atoms with Crippen molar-refractivity contribution in [1.29, 1.82) is 0 Å². The molecule has 1 saturated heterocycles. The molecule has 0 bridgehead atoms. The molecule has 2 fully saturated rings. The molecule has 2 aliphatic rings. The number of fused-ring (bicyclic) bond motifs is 1. The largest absolute Gasteiger partial charge is 0.395 e. The van der Waals surface area contributed by atoms with Crippen molar-refractivity contribution in [1.82, 2.24) is 4.98 Å². The van der Waals surface area contributed by atoms with Gasteiger partial charge in [-0.05, 0) is 18.6 Å². The second kappa shape index (κ2) is 4.48. The van der Waals surface area contributed by atoms with E-state index in [2.05, 4.69) is 16.8 Å². The summed E-state index contributed by atoms with van der Waals surface area (Å²) in [6.45, 7) is 0.0113. The number of aliphatic hydroxyl groups is 1. The Hall–Kier alpha value is -2.19. The van der Waals surface area contributed by atoms with E-state index in [4.69, 9.17) is 5.11 Å². The van der Waals surface area contributed by atoms with E-state index in [1.807, 2.05) is 0 Å². The van der Waals surface area contributed by atoms with Gasteiger partial charge in [-0.2, -0.15) is 0 Å². The quantitative estimate of drug-likeness (QED) is 0.611. The lowest BCUT2D eigenvalue weighted by atomic mass is 10.2. The summed E-state index contributed by atoms with van der Waals surface area (Å²) in [5, 5.41) is 8.66. The van der Waals surface area contributed by atoms with E-state index >= 15 is 0 Å². The van der Waals surface area contributed by atoms with Gasteiger partial charge >= 0.3 is 0 Å². The lowest BCUT2D eigenvalue weighted by Crippen LogP contribution is -2.33. The zero-order valence-electron chi connectivity index (χ0n) is 10.2. The third-order valence-electron chi connectivity index (χ3n) is 3.31. The van der Waals surface area contributed by atoms with E-state index in [-0.39, 0.29) is 30.3 Å². The minimum atomic E-state index is -0.150. The molecular weight excluding hydrogens is 244 g/mol. The number of carbonyl (C=O) groups excluding carboxylic acids is 2. The summed E-state index contributed by atoms with van der Waals surface area (Å²) < 4.78 is 0. The van der Waals surface area contributed by atoms with Crippen molar-refractivity contribution in [3.8, 4) is 11.8 Å². The number of amides is 2. The van der Waals surface area contributed by atoms with Crippen LogP contribution in [0.4, 0.5) is 5.82 Å². The molecule has 1 aliphatic carbocycles. The van der Waals surface area contributed by atoms with E-state index in [1.165, 1.54) is 6.20 Å². The number of carbonyl (C=O) groups is 2. The smallest absolute Gasteiger partial charge is 0.238 e. The maximum Gasteiger partial charge on any atom is 0.238 e. The Kier molecular flexibility index (Phi) is 2.80. The van der Waals surface area contributed by atoms with Crippen LogP contribution in [0, 0.1) is 23.7 Å². The molecule has 1 aromatic rings. The minimum Gasteiger partial charge on any atom is -0.395 e. The molecule has 1 aromatic heterocycles. The van der Waals surface area contributed by atoms with Gasteiger partial charge in [0.1, 0.15) is 5.82 Å². The van der Waals surface area contributed by atoms with Crippen LogP contribution in [0.25, 0.3) is 0 Å². The van der Waals surface area contributed by atoms with Crippen LogP contribution in [-0.2, 0) is 9.59 Å². The van der Waals surface area contributed by atoms with Crippen molar-refractivity contribution in [3.63, 3.8) is 0 Å². The number of pyridine rings is 1. The molecule has 5 nitrogen and oxygen atoms in total. The number of nitrogens with zero attached hydrogens (tertiary/aromatic N) is 2. The van der Waals surface area contributed by atoms with Crippen LogP contribution in [0.1, 0.15) is 18.4 Å². The van der Waals surface area contributed by atoms with Gasteiger partial charge < -0.3 is 5.11 Å². The first-order valence-electron chi connectivity index (χ1n) is 6.16. The van der Waals surface area contributed by atoms with E-state index < -0.39 is 0 Å². The lowest BCUT2D eigenvalue weighted by molar-refractivity contribution is -0.123. The van der Waals surface area contributed by atoms with Crippen LogP contribution < -0.4 is 4.90 Å². The van der Waals surface area contributed by atoms with E-state index in [0.717, 1.165) is 4.90 Å². The van der Waals surface area contributed by atoms with Crippen molar-refractivity contribution >= 4 is 17.6 Å². The first-order chi connectivity index (χ1) is 9.22. The summed E-state index contributed by atoms with van der Waals surface area (Å²) in [5.41, 5.74) is 0.680. The molecule has 2 heterocycles. The predicted molar refractivity (Wildman–Crippen MR) is 66.9 cm³/mol. The van der Waals surface area contributed by atoms with Crippen molar-refractivity contribution in [3.05, 3.63) is 23.9 Å². The number of hydrogen-bond acceptors (Lipinski definition) is 4. The maximum absolute atomic E-state index is 11.9. The minimum absolute atomic E-state index is 0.0113. The first-order valence-corrected chi connectivity index (χ1v) is 6.16. The monoisotopic (exact) mass is 256 g/mol. The molecule has 1 aliphatic heterocycles. The number of anilines is 1. The number of aromatic nitrogens is 1. The van der Waals surface area contributed by atoms with Gasteiger partial charge in [0.15, 0.2) is 0 Å². The van der Waals surface area contributed by atoms with Gasteiger partial charge in [-0.1, -0.05) is 11.8 Å². The summed E-state index contributed by atoms with van der Waals surface area (Å²) in [6, 6.07) is 3.34. The summed E-state index contributed by atoms with van der Waals surface area (Å²) >= 11 is 0. The van der Waals surface area contributed by atoms with Gasteiger partial charge in [0.25, 0.3) is 0 Å². The molecule has 5 heteroatoms. The Morgan fingerprint density at radius 1 is 1.37 bits per heavy atom. The highest BCUT2D eigenvalue weighted by atomic mass is 16.3. The van der Waals surface area contributed by atoms with Gasteiger partial charge in [-0.25, -0.2) is 9.88 Å². The second-order valence-electron chi connectivity index (χ2n) is 4.64. The van der Waals surface area contributed by atoms with Crippen molar-refractivity contribution < 1.29 is 14.7 Å². The third kappa shape index (κ3) is 2.00. The normalized spacial score (nSPS) is 23.9. The average Bonchev–Trinajstić information content (AvgIpc) is 3.15. The van der Waals surface area contributed by atoms with Gasteiger partial charge in [0, 0.05) is 18.2 Å². The highest BCUT2D eigenvalue weighted by Crippen LogP contribution is 2.47. The topological polar surface area (TPSA) is 70.5 Å². The molecule has 96 valence electrons. The van der Waals surface area contributed by atoms with Crippen molar-refractivity contribution in [2.45, 2.75) is 12.8 Å². The molecule has 2 atom stereocenters. The summed E-state index contributed by atoms with van der Waals surface area (Å²) in [6.07, 6.45) is 2.61. The fourth-order valence-electron chi connectivity index (χ4n) is 2.25. The number of piperidine rings is 1. The lowest BCUT2D eigenvalue weighted by Gasteiger charge is -2.14. The van der Waals surface area contributed by atoms with Crippen LogP contribution in [0.5, 0.6) is 0 Å². The maximum atomic E-state index is 11.9. The van der Waals surface area contributed by atoms with Crippen molar-refractivity contribution in [2.24, 2.45) is 11.8 Å².